The van der Waals surface area contributed by atoms with E-state index < -0.39 is 16.1 Å². The summed E-state index contributed by atoms with van der Waals surface area (Å²) in [6.07, 6.45) is 4.70. The van der Waals surface area contributed by atoms with Gasteiger partial charge < -0.3 is 15.4 Å². The van der Waals surface area contributed by atoms with Crippen molar-refractivity contribution in [3.63, 3.8) is 0 Å². The fourth-order valence-electron chi connectivity index (χ4n) is 4.84. The molecule has 1 saturated heterocycles. The lowest BCUT2D eigenvalue weighted by molar-refractivity contribution is -0.127. The van der Waals surface area contributed by atoms with Crippen LogP contribution in [-0.4, -0.2) is 49.8 Å². The number of benzene rings is 1. The number of amides is 2. The minimum atomic E-state index is -3.73. The van der Waals surface area contributed by atoms with Crippen LogP contribution in [0.3, 0.4) is 0 Å². The highest BCUT2D eigenvalue weighted by Crippen LogP contribution is 2.36. The number of hydrogen-bond acceptors (Lipinski definition) is 5. The fourth-order valence-corrected chi connectivity index (χ4v) is 6.53. The molecule has 2 amide bonds. The van der Waals surface area contributed by atoms with Gasteiger partial charge in [-0.3, -0.25) is 9.59 Å². The van der Waals surface area contributed by atoms with E-state index in [0.29, 0.717) is 42.9 Å². The lowest BCUT2D eigenvalue weighted by atomic mass is 9.87. The molecule has 1 atom stereocenters. The average molecular weight is 464 g/mol. The van der Waals surface area contributed by atoms with Gasteiger partial charge in [0.05, 0.1) is 10.6 Å². The van der Waals surface area contributed by atoms with Gasteiger partial charge in [0.25, 0.3) is 5.91 Å². The molecule has 9 heteroatoms. The number of piperidine rings is 1. The monoisotopic (exact) mass is 463 g/mol. The SMILES string of the molecule is Cc1cc2c(cc1S(=O)(=O)N1CCC(C(=O)NC3CCC(C)CC3)CC1)O[C@H](C)C(=O)N2. The van der Waals surface area contributed by atoms with Crippen LogP contribution in [0.2, 0.25) is 0 Å². The van der Waals surface area contributed by atoms with Gasteiger partial charge in [0.15, 0.2) is 6.10 Å². The smallest absolute Gasteiger partial charge is 0.265 e. The predicted molar refractivity (Wildman–Crippen MR) is 121 cm³/mol. The summed E-state index contributed by atoms with van der Waals surface area (Å²) >= 11 is 0. The van der Waals surface area contributed by atoms with Gasteiger partial charge in [0.2, 0.25) is 15.9 Å². The van der Waals surface area contributed by atoms with Crippen LogP contribution < -0.4 is 15.4 Å². The number of carbonyl (C=O) groups excluding carboxylic acids is 2. The maximum Gasteiger partial charge on any atom is 0.265 e. The van der Waals surface area contributed by atoms with E-state index in [9.17, 15) is 18.0 Å². The standard InChI is InChI=1S/C23H33N3O5S/c1-14-4-6-18(7-5-14)24-23(28)17-8-10-26(11-9-17)32(29,30)21-13-20-19(12-15(21)2)25-22(27)16(3)31-20/h12-14,16-18H,4-11H2,1-3H3,(H,24,28)(H,25,27)/t14?,16-,18?/m1/s1. The van der Waals surface area contributed by atoms with Crippen molar-refractivity contribution in [2.75, 3.05) is 18.4 Å². The lowest BCUT2D eigenvalue weighted by Crippen LogP contribution is -2.46. The van der Waals surface area contributed by atoms with Crippen LogP contribution in [0.15, 0.2) is 17.0 Å². The molecule has 32 heavy (non-hydrogen) atoms. The van der Waals surface area contributed by atoms with Gasteiger partial charge in [0.1, 0.15) is 5.75 Å². The second-order valence-corrected chi connectivity index (χ2v) is 11.4. The lowest BCUT2D eigenvalue weighted by Gasteiger charge is -2.33. The van der Waals surface area contributed by atoms with Gasteiger partial charge >= 0.3 is 0 Å². The fraction of sp³-hybridized carbons (Fsp3) is 0.652. The van der Waals surface area contributed by atoms with Gasteiger partial charge in [-0.1, -0.05) is 6.92 Å². The van der Waals surface area contributed by atoms with E-state index >= 15 is 0 Å². The number of carbonyl (C=O) groups is 2. The van der Waals surface area contributed by atoms with Crippen LogP contribution in [-0.2, 0) is 19.6 Å². The minimum Gasteiger partial charge on any atom is -0.479 e. The predicted octanol–water partition coefficient (Wildman–Crippen LogP) is 2.81. The molecule has 4 rings (SSSR count). The molecule has 1 aromatic rings. The molecule has 2 N–H and O–H groups in total. The Hall–Kier alpha value is -2.13. The van der Waals surface area contributed by atoms with E-state index in [1.807, 2.05) is 0 Å². The summed E-state index contributed by atoms with van der Waals surface area (Å²) in [5, 5.41) is 5.93. The van der Waals surface area contributed by atoms with Crippen LogP contribution >= 0.6 is 0 Å². The second-order valence-electron chi connectivity index (χ2n) is 9.51. The number of ether oxygens (including phenoxy) is 1. The quantitative estimate of drug-likeness (QED) is 0.714. The molecule has 0 spiro atoms. The number of aryl methyl sites for hydroxylation is 1. The Labute approximate surface area is 190 Å². The summed E-state index contributed by atoms with van der Waals surface area (Å²) in [5.41, 5.74) is 1.03. The Kier molecular flexibility index (Phi) is 6.49. The van der Waals surface area contributed by atoms with Crippen LogP contribution in [0.5, 0.6) is 5.75 Å². The van der Waals surface area contributed by atoms with Crippen molar-refractivity contribution in [3.05, 3.63) is 17.7 Å². The van der Waals surface area contributed by atoms with Crippen molar-refractivity contribution < 1.29 is 22.7 Å². The first-order valence-corrected chi connectivity index (χ1v) is 13.0. The van der Waals surface area contributed by atoms with Crippen molar-refractivity contribution in [1.29, 1.82) is 0 Å². The number of sulfonamides is 1. The Bertz CT molecular complexity index is 993. The molecule has 176 valence electrons. The number of anilines is 1. The molecule has 2 fully saturated rings. The molecule has 1 aliphatic carbocycles. The summed E-state index contributed by atoms with van der Waals surface area (Å²) in [4.78, 5) is 24.7. The van der Waals surface area contributed by atoms with Crippen molar-refractivity contribution in [1.82, 2.24) is 9.62 Å². The molecule has 3 aliphatic rings. The Morgan fingerprint density at radius 3 is 2.41 bits per heavy atom. The molecule has 0 unspecified atom stereocenters. The third-order valence-corrected chi connectivity index (χ3v) is 9.05. The Balaban J connectivity index is 1.40. The van der Waals surface area contributed by atoms with Crippen molar-refractivity contribution in [2.24, 2.45) is 11.8 Å². The number of nitrogens with zero attached hydrogens (tertiary/aromatic N) is 1. The number of fused-ring (bicyclic) bond motifs is 1. The van der Waals surface area contributed by atoms with Gasteiger partial charge in [-0.2, -0.15) is 4.31 Å². The first-order valence-electron chi connectivity index (χ1n) is 11.6. The average Bonchev–Trinajstić information content (AvgIpc) is 2.76. The first kappa shape index (κ1) is 23.0. The zero-order valence-corrected chi connectivity index (χ0v) is 19.8. The number of nitrogens with one attached hydrogen (secondary N) is 2. The molecule has 1 saturated carbocycles. The molecule has 0 bridgehead atoms. The highest BCUT2D eigenvalue weighted by atomic mass is 32.2. The van der Waals surface area contributed by atoms with Crippen molar-refractivity contribution in [3.8, 4) is 5.75 Å². The summed E-state index contributed by atoms with van der Waals surface area (Å²) in [7, 11) is -3.73. The Morgan fingerprint density at radius 2 is 1.75 bits per heavy atom. The van der Waals surface area contributed by atoms with Gasteiger partial charge in [-0.25, -0.2) is 8.42 Å². The van der Waals surface area contributed by atoms with E-state index in [-0.39, 0.29) is 28.7 Å². The minimum absolute atomic E-state index is 0.0599. The van der Waals surface area contributed by atoms with E-state index in [1.54, 1.807) is 19.9 Å². The molecule has 0 radical (unpaired) electrons. The largest absolute Gasteiger partial charge is 0.479 e. The van der Waals surface area contributed by atoms with E-state index in [4.69, 9.17) is 4.74 Å². The molecular weight excluding hydrogens is 430 g/mol. The zero-order chi connectivity index (χ0) is 23.0. The van der Waals surface area contributed by atoms with Crippen LogP contribution in [0.1, 0.15) is 57.9 Å². The summed E-state index contributed by atoms with van der Waals surface area (Å²) in [6, 6.07) is 3.39. The highest BCUT2D eigenvalue weighted by molar-refractivity contribution is 7.89. The summed E-state index contributed by atoms with van der Waals surface area (Å²) in [6.45, 7) is 6.21. The van der Waals surface area contributed by atoms with Crippen LogP contribution in [0, 0.1) is 18.8 Å². The van der Waals surface area contributed by atoms with Gasteiger partial charge in [0, 0.05) is 31.1 Å². The molecule has 8 nitrogen and oxygen atoms in total. The third-order valence-electron chi connectivity index (χ3n) is 7.01. The number of hydrogen-bond donors (Lipinski definition) is 2. The normalized spacial score (nSPS) is 27.2. The van der Waals surface area contributed by atoms with Gasteiger partial charge in [-0.05, 0) is 69.9 Å². The summed E-state index contributed by atoms with van der Waals surface area (Å²) in [5.74, 6) is 0.746. The van der Waals surface area contributed by atoms with E-state index in [2.05, 4.69) is 17.6 Å². The highest BCUT2D eigenvalue weighted by Gasteiger charge is 2.35. The summed E-state index contributed by atoms with van der Waals surface area (Å²) < 4.78 is 33.8. The van der Waals surface area contributed by atoms with Crippen molar-refractivity contribution >= 4 is 27.5 Å². The second kappa shape index (κ2) is 9.02. The third kappa shape index (κ3) is 4.64. The van der Waals surface area contributed by atoms with Crippen LogP contribution in [0.4, 0.5) is 5.69 Å². The van der Waals surface area contributed by atoms with Crippen LogP contribution in [0.25, 0.3) is 0 Å². The van der Waals surface area contributed by atoms with E-state index in [1.165, 1.54) is 10.4 Å². The maximum absolute atomic E-state index is 13.3. The Morgan fingerprint density at radius 1 is 1.09 bits per heavy atom. The molecule has 0 aromatic heterocycles. The number of rotatable bonds is 4. The molecular formula is C23H33N3O5S. The van der Waals surface area contributed by atoms with Gasteiger partial charge in [-0.15, -0.1) is 0 Å². The molecule has 2 heterocycles. The van der Waals surface area contributed by atoms with E-state index in [0.717, 1.165) is 31.6 Å². The molecule has 2 aliphatic heterocycles. The maximum atomic E-state index is 13.3. The molecule has 1 aromatic carbocycles. The topological polar surface area (TPSA) is 105 Å². The first-order chi connectivity index (χ1) is 15.1. The van der Waals surface area contributed by atoms with Crippen molar-refractivity contribution in [2.45, 2.75) is 76.3 Å². The zero-order valence-electron chi connectivity index (χ0n) is 19.0.